The maximum absolute atomic E-state index is 9.73. The Morgan fingerprint density at radius 3 is 1.71 bits per heavy atom. The van der Waals surface area contributed by atoms with Crippen molar-refractivity contribution in [3.8, 4) is 0 Å². The lowest BCUT2D eigenvalue weighted by Gasteiger charge is -2.46. The van der Waals surface area contributed by atoms with E-state index in [4.69, 9.17) is 10.2 Å². The predicted molar refractivity (Wildman–Crippen MR) is 118 cm³/mol. The van der Waals surface area contributed by atoms with Gasteiger partial charge in [-0.15, -0.1) is 0 Å². The molecule has 0 aromatic carbocycles. The third kappa shape index (κ3) is 6.42. The van der Waals surface area contributed by atoms with Crippen molar-refractivity contribution in [1.82, 2.24) is 0 Å². The molecule has 4 heteroatoms. The number of hydrogen-bond donors (Lipinski definition) is 4. The lowest BCUT2D eigenvalue weighted by atomic mass is 9.60. The fraction of sp³-hybridized carbons (Fsp3) is 1.00. The van der Waals surface area contributed by atoms with E-state index in [-0.39, 0.29) is 10.8 Å². The molecule has 3 aliphatic carbocycles. The zero-order chi connectivity index (χ0) is 21.5. The molecule has 0 saturated heterocycles. The molecule has 0 spiro atoms. The van der Waals surface area contributed by atoms with Crippen molar-refractivity contribution in [2.75, 3.05) is 27.4 Å². The van der Waals surface area contributed by atoms with Crippen LogP contribution in [0.15, 0.2) is 0 Å². The Bertz CT molecular complexity index is 355. The first kappa shape index (κ1) is 27.8. The molecule has 4 N–H and O–H groups in total. The maximum atomic E-state index is 9.73. The van der Waals surface area contributed by atoms with Gasteiger partial charge in [0.05, 0.1) is 0 Å². The Kier molecular flexibility index (Phi) is 15.6. The molecule has 3 fully saturated rings. The van der Waals surface area contributed by atoms with E-state index in [9.17, 15) is 10.2 Å². The van der Waals surface area contributed by atoms with E-state index in [1.54, 1.807) is 0 Å². The quantitative estimate of drug-likeness (QED) is 0.413. The summed E-state index contributed by atoms with van der Waals surface area (Å²) in [5, 5.41) is 33.4. The second-order valence-corrected chi connectivity index (χ2v) is 8.88. The van der Waals surface area contributed by atoms with Crippen LogP contribution in [-0.2, 0) is 0 Å². The van der Waals surface area contributed by atoms with Crippen LogP contribution in [0.1, 0.15) is 104 Å². The van der Waals surface area contributed by atoms with E-state index in [0.717, 1.165) is 38.9 Å². The van der Waals surface area contributed by atoms with Crippen LogP contribution in [0, 0.1) is 22.7 Å². The number of fused-ring (bicyclic) bond motifs is 5. The van der Waals surface area contributed by atoms with Crippen molar-refractivity contribution >= 4 is 0 Å². The fourth-order valence-electron chi connectivity index (χ4n) is 6.28. The van der Waals surface area contributed by atoms with Gasteiger partial charge in [-0.3, -0.25) is 0 Å². The minimum Gasteiger partial charge on any atom is -0.400 e. The van der Waals surface area contributed by atoms with E-state index < -0.39 is 0 Å². The van der Waals surface area contributed by atoms with E-state index >= 15 is 0 Å². The molecule has 3 rings (SSSR count). The van der Waals surface area contributed by atoms with Gasteiger partial charge in [0.15, 0.2) is 0 Å². The molecule has 0 aromatic rings. The molecule has 4 atom stereocenters. The van der Waals surface area contributed by atoms with Gasteiger partial charge in [0.2, 0.25) is 0 Å². The minimum absolute atomic E-state index is 0.105. The third-order valence-electron chi connectivity index (χ3n) is 7.66. The van der Waals surface area contributed by atoms with Crippen molar-refractivity contribution in [2.24, 2.45) is 22.7 Å². The summed E-state index contributed by atoms with van der Waals surface area (Å²) in [7, 11) is 2.00. The summed E-state index contributed by atoms with van der Waals surface area (Å²) >= 11 is 0. The topological polar surface area (TPSA) is 80.9 Å². The first-order valence-corrected chi connectivity index (χ1v) is 11.8. The van der Waals surface area contributed by atoms with Crippen molar-refractivity contribution in [3.63, 3.8) is 0 Å². The van der Waals surface area contributed by atoms with Gasteiger partial charge >= 0.3 is 0 Å². The van der Waals surface area contributed by atoms with Crippen molar-refractivity contribution in [1.29, 1.82) is 0 Å². The molecule has 4 nitrogen and oxygen atoms in total. The highest BCUT2D eigenvalue weighted by Gasteiger charge is 2.67. The molecule has 28 heavy (non-hydrogen) atoms. The molecule has 0 radical (unpaired) electrons. The molecule has 0 aliphatic heterocycles. The van der Waals surface area contributed by atoms with Gasteiger partial charge in [-0.05, 0) is 43.9 Å². The van der Waals surface area contributed by atoms with Crippen LogP contribution in [0.4, 0.5) is 0 Å². The van der Waals surface area contributed by atoms with E-state index in [0.29, 0.717) is 13.2 Å². The summed E-state index contributed by atoms with van der Waals surface area (Å²) in [6.45, 7) is 5.16. The van der Waals surface area contributed by atoms with Crippen molar-refractivity contribution in [3.05, 3.63) is 0 Å². The number of hydrogen-bond acceptors (Lipinski definition) is 4. The molecule has 3 saturated carbocycles. The van der Waals surface area contributed by atoms with Gasteiger partial charge in [-0.1, -0.05) is 71.6 Å². The van der Waals surface area contributed by atoms with E-state index in [1.165, 1.54) is 77.0 Å². The SMILES string of the molecule is CCCCCCCCCC.CO.CO.OCC12CCC(C1)C1CCCC12CO. The highest BCUT2D eigenvalue weighted by Crippen LogP contribution is 2.72. The maximum Gasteiger partial charge on any atom is 0.0496 e. The zero-order valence-corrected chi connectivity index (χ0v) is 19.3. The van der Waals surface area contributed by atoms with Gasteiger partial charge in [-0.25, -0.2) is 0 Å². The minimum atomic E-state index is 0.105. The summed E-state index contributed by atoms with van der Waals surface area (Å²) in [6, 6.07) is 0. The van der Waals surface area contributed by atoms with Crippen LogP contribution < -0.4 is 0 Å². The molecule has 4 unspecified atom stereocenters. The van der Waals surface area contributed by atoms with Crippen molar-refractivity contribution in [2.45, 2.75) is 104 Å². The molecular formula is C24H50O4. The number of aliphatic hydroxyl groups is 4. The third-order valence-corrected chi connectivity index (χ3v) is 7.66. The van der Waals surface area contributed by atoms with Crippen LogP contribution in [0.5, 0.6) is 0 Å². The van der Waals surface area contributed by atoms with Crippen LogP contribution in [-0.4, -0.2) is 47.9 Å². The van der Waals surface area contributed by atoms with Gasteiger partial charge < -0.3 is 20.4 Å². The van der Waals surface area contributed by atoms with Gasteiger partial charge in [-0.2, -0.15) is 0 Å². The van der Waals surface area contributed by atoms with Crippen LogP contribution >= 0.6 is 0 Å². The fourth-order valence-corrected chi connectivity index (χ4v) is 6.28. The van der Waals surface area contributed by atoms with Gasteiger partial charge in [0, 0.05) is 38.3 Å². The van der Waals surface area contributed by atoms with Crippen LogP contribution in [0.3, 0.4) is 0 Å². The number of rotatable bonds is 9. The van der Waals surface area contributed by atoms with E-state index in [2.05, 4.69) is 13.8 Å². The summed E-state index contributed by atoms with van der Waals surface area (Å²) in [4.78, 5) is 0. The lowest BCUT2D eigenvalue weighted by molar-refractivity contribution is -0.0597. The monoisotopic (exact) mass is 402 g/mol. The zero-order valence-electron chi connectivity index (χ0n) is 19.3. The number of unbranched alkanes of at least 4 members (excludes halogenated alkanes) is 7. The van der Waals surface area contributed by atoms with Crippen LogP contribution in [0.2, 0.25) is 0 Å². The Morgan fingerprint density at radius 1 is 0.714 bits per heavy atom. The molecular weight excluding hydrogens is 352 g/mol. The highest BCUT2D eigenvalue weighted by atomic mass is 16.3. The Balaban J connectivity index is 0.000000464. The van der Waals surface area contributed by atoms with Gasteiger partial charge in [0.1, 0.15) is 0 Å². The Labute approximate surface area is 174 Å². The van der Waals surface area contributed by atoms with E-state index in [1.807, 2.05) is 0 Å². The Morgan fingerprint density at radius 2 is 1.25 bits per heavy atom. The summed E-state index contributed by atoms with van der Waals surface area (Å²) in [6.07, 6.45) is 18.8. The first-order valence-electron chi connectivity index (χ1n) is 11.8. The molecule has 3 aliphatic rings. The summed E-state index contributed by atoms with van der Waals surface area (Å²) in [5.41, 5.74) is 0.220. The summed E-state index contributed by atoms with van der Waals surface area (Å²) < 4.78 is 0. The molecule has 0 amide bonds. The molecule has 170 valence electrons. The van der Waals surface area contributed by atoms with Crippen molar-refractivity contribution < 1.29 is 20.4 Å². The first-order chi connectivity index (χ1) is 13.7. The largest absolute Gasteiger partial charge is 0.400 e. The number of aliphatic hydroxyl groups excluding tert-OH is 4. The van der Waals surface area contributed by atoms with Crippen LogP contribution in [0.25, 0.3) is 0 Å². The molecule has 0 aromatic heterocycles. The standard InChI is InChI=1S/C12H20O2.C10H22.2CH4O/c13-7-11-5-3-9(6-11)10-2-1-4-12(10,11)8-14;1-3-5-7-9-10-8-6-4-2;2*1-2/h9-10,13-14H,1-8H2;3-10H2,1-2H3;2*2H,1H3. The smallest absolute Gasteiger partial charge is 0.0496 e. The predicted octanol–water partition coefficient (Wildman–Crippen LogP) is 4.92. The second-order valence-electron chi connectivity index (χ2n) is 8.88. The second kappa shape index (κ2) is 15.6. The lowest BCUT2D eigenvalue weighted by Crippen LogP contribution is -2.45. The summed E-state index contributed by atoms with van der Waals surface area (Å²) in [5.74, 6) is 1.55. The average Bonchev–Trinajstić information content (AvgIpc) is 3.45. The normalized spacial score (nSPS) is 31.7. The Hall–Kier alpha value is -0.160. The average molecular weight is 403 g/mol. The molecule has 0 heterocycles. The van der Waals surface area contributed by atoms with Gasteiger partial charge in [0.25, 0.3) is 0 Å². The molecule has 2 bridgehead atoms. The highest BCUT2D eigenvalue weighted by molar-refractivity contribution is 5.16.